The lowest BCUT2D eigenvalue weighted by Gasteiger charge is -2.36. The van der Waals surface area contributed by atoms with Gasteiger partial charge in [-0.15, -0.1) is 0 Å². The molecule has 130 valence electrons. The maximum atomic E-state index is 13.0. The highest BCUT2D eigenvalue weighted by atomic mass is 19.1. The third-order valence-corrected chi connectivity index (χ3v) is 4.42. The minimum absolute atomic E-state index is 0.129. The van der Waals surface area contributed by atoms with Crippen molar-refractivity contribution in [2.24, 2.45) is 0 Å². The van der Waals surface area contributed by atoms with E-state index < -0.39 is 6.04 Å². The van der Waals surface area contributed by atoms with E-state index in [1.54, 1.807) is 24.0 Å². The van der Waals surface area contributed by atoms with Gasteiger partial charge in [0.05, 0.1) is 0 Å². The number of hydrogen-bond donors (Lipinski definition) is 2. The molecule has 7 heteroatoms. The Kier molecular flexibility index (Phi) is 4.87. The van der Waals surface area contributed by atoms with Crippen molar-refractivity contribution in [3.05, 3.63) is 30.1 Å². The molecule has 1 heterocycles. The fourth-order valence-corrected chi connectivity index (χ4v) is 2.72. The molecule has 2 aliphatic rings. The number of urea groups is 1. The number of hydrogen-bond acceptors (Lipinski definition) is 3. The van der Waals surface area contributed by atoms with Gasteiger partial charge in [-0.25, -0.2) is 9.18 Å². The van der Waals surface area contributed by atoms with E-state index in [1.165, 1.54) is 12.1 Å². The van der Waals surface area contributed by atoms with E-state index in [-0.39, 0.29) is 23.8 Å². The van der Waals surface area contributed by atoms with Crippen molar-refractivity contribution in [2.75, 3.05) is 31.1 Å². The number of carbonyl (C=O) groups is 2. The zero-order valence-electron chi connectivity index (χ0n) is 13.8. The quantitative estimate of drug-likeness (QED) is 0.873. The molecule has 1 aliphatic carbocycles. The van der Waals surface area contributed by atoms with Crippen LogP contribution in [0.15, 0.2) is 24.3 Å². The van der Waals surface area contributed by atoms with E-state index >= 15 is 0 Å². The number of benzene rings is 1. The molecule has 1 aromatic rings. The minimum atomic E-state index is -0.534. The van der Waals surface area contributed by atoms with Crippen LogP contribution in [-0.2, 0) is 4.79 Å². The second-order valence-electron chi connectivity index (χ2n) is 6.40. The number of amides is 3. The molecule has 0 spiro atoms. The first-order chi connectivity index (χ1) is 11.5. The maximum absolute atomic E-state index is 13.0. The molecule has 3 amide bonds. The lowest BCUT2D eigenvalue weighted by molar-refractivity contribution is -0.122. The maximum Gasteiger partial charge on any atom is 0.318 e. The van der Waals surface area contributed by atoms with Crippen molar-refractivity contribution < 1.29 is 14.0 Å². The topological polar surface area (TPSA) is 64.7 Å². The van der Waals surface area contributed by atoms with E-state index in [2.05, 4.69) is 15.5 Å². The van der Waals surface area contributed by atoms with Gasteiger partial charge >= 0.3 is 6.03 Å². The van der Waals surface area contributed by atoms with Crippen LogP contribution in [0.3, 0.4) is 0 Å². The molecule has 1 unspecified atom stereocenters. The van der Waals surface area contributed by atoms with Crippen LogP contribution in [0.1, 0.15) is 19.8 Å². The lowest BCUT2D eigenvalue weighted by atomic mass is 10.2. The zero-order valence-corrected chi connectivity index (χ0v) is 13.8. The number of rotatable bonds is 4. The smallest absolute Gasteiger partial charge is 0.318 e. The molecule has 0 radical (unpaired) electrons. The SMILES string of the molecule is CC(NC(=O)N1CCN(c2ccc(F)cc2)CC1)C(=O)NC1CC1. The summed E-state index contributed by atoms with van der Waals surface area (Å²) in [6, 6.07) is 5.91. The molecule has 1 saturated heterocycles. The number of nitrogens with zero attached hydrogens (tertiary/aromatic N) is 2. The summed E-state index contributed by atoms with van der Waals surface area (Å²) >= 11 is 0. The Balaban J connectivity index is 1.45. The Morgan fingerprint density at radius 3 is 2.33 bits per heavy atom. The highest BCUT2D eigenvalue weighted by Gasteiger charge is 2.28. The summed E-state index contributed by atoms with van der Waals surface area (Å²) in [5, 5.41) is 5.64. The van der Waals surface area contributed by atoms with Crippen LogP contribution in [0.4, 0.5) is 14.9 Å². The molecule has 1 atom stereocenters. The van der Waals surface area contributed by atoms with Crippen molar-refractivity contribution in [2.45, 2.75) is 31.8 Å². The average molecular weight is 334 g/mol. The Morgan fingerprint density at radius 2 is 1.75 bits per heavy atom. The number of halogens is 1. The number of piperazine rings is 1. The van der Waals surface area contributed by atoms with Crippen LogP contribution in [0.5, 0.6) is 0 Å². The predicted octanol–water partition coefficient (Wildman–Crippen LogP) is 1.32. The molecule has 1 aliphatic heterocycles. The summed E-state index contributed by atoms with van der Waals surface area (Å²) in [6.45, 7) is 4.20. The Morgan fingerprint density at radius 1 is 1.12 bits per heavy atom. The highest BCUT2D eigenvalue weighted by Crippen LogP contribution is 2.19. The van der Waals surface area contributed by atoms with Gasteiger partial charge in [0, 0.05) is 37.9 Å². The van der Waals surface area contributed by atoms with Gasteiger partial charge in [0.15, 0.2) is 0 Å². The molecule has 2 N–H and O–H groups in total. The fourth-order valence-electron chi connectivity index (χ4n) is 2.72. The van der Waals surface area contributed by atoms with Crippen molar-refractivity contribution >= 4 is 17.6 Å². The van der Waals surface area contributed by atoms with E-state index in [4.69, 9.17) is 0 Å². The summed E-state index contributed by atoms with van der Waals surface area (Å²) in [4.78, 5) is 28.0. The van der Waals surface area contributed by atoms with E-state index in [9.17, 15) is 14.0 Å². The van der Waals surface area contributed by atoms with Crippen LogP contribution < -0.4 is 15.5 Å². The molecule has 1 aromatic carbocycles. The lowest BCUT2D eigenvalue weighted by Crippen LogP contribution is -2.55. The monoisotopic (exact) mass is 334 g/mol. The molecule has 2 fully saturated rings. The Labute approximate surface area is 141 Å². The second kappa shape index (κ2) is 7.07. The van der Waals surface area contributed by atoms with Crippen molar-refractivity contribution in [3.8, 4) is 0 Å². The summed E-state index contributed by atoms with van der Waals surface area (Å²) in [5.74, 6) is -0.383. The largest absolute Gasteiger partial charge is 0.368 e. The van der Waals surface area contributed by atoms with Gasteiger partial charge in [-0.2, -0.15) is 0 Å². The van der Waals surface area contributed by atoms with E-state index in [0.29, 0.717) is 26.2 Å². The van der Waals surface area contributed by atoms with E-state index in [0.717, 1.165) is 18.5 Å². The second-order valence-corrected chi connectivity index (χ2v) is 6.40. The Hall–Kier alpha value is -2.31. The summed E-state index contributed by atoms with van der Waals surface area (Å²) in [5.41, 5.74) is 0.952. The summed E-state index contributed by atoms with van der Waals surface area (Å²) in [7, 11) is 0. The molecule has 1 saturated carbocycles. The normalized spacial score (nSPS) is 18.9. The van der Waals surface area contributed by atoms with E-state index in [1.807, 2.05) is 0 Å². The number of carbonyl (C=O) groups excluding carboxylic acids is 2. The Bertz CT molecular complexity index is 595. The third-order valence-electron chi connectivity index (χ3n) is 4.42. The molecule has 24 heavy (non-hydrogen) atoms. The number of nitrogens with one attached hydrogen (secondary N) is 2. The van der Waals surface area contributed by atoms with Crippen molar-refractivity contribution in [1.29, 1.82) is 0 Å². The molecular formula is C17H23FN4O2. The minimum Gasteiger partial charge on any atom is -0.368 e. The molecule has 6 nitrogen and oxygen atoms in total. The predicted molar refractivity (Wildman–Crippen MR) is 89.3 cm³/mol. The highest BCUT2D eigenvalue weighted by molar-refractivity contribution is 5.87. The molecular weight excluding hydrogens is 311 g/mol. The van der Waals surface area contributed by atoms with Gasteiger partial charge in [-0.3, -0.25) is 4.79 Å². The van der Waals surface area contributed by atoms with Crippen LogP contribution in [0.2, 0.25) is 0 Å². The third kappa shape index (κ3) is 4.15. The first kappa shape index (κ1) is 16.5. The number of anilines is 1. The van der Waals surface area contributed by atoms with Gasteiger partial charge in [0.2, 0.25) is 5.91 Å². The standard InChI is InChI=1S/C17H23FN4O2/c1-12(16(23)20-14-4-5-14)19-17(24)22-10-8-21(9-11-22)15-6-2-13(18)3-7-15/h2-3,6-7,12,14H,4-5,8-11H2,1H3,(H,19,24)(H,20,23). The van der Waals surface area contributed by atoms with Gasteiger partial charge in [-0.05, 0) is 44.0 Å². The van der Waals surface area contributed by atoms with Crippen LogP contribution >= 0.6 is 0 Å². The van der Waals surface area contributed by atoms with Gasteiger partial charge in [0.1, 0.15) is 11.9 Å². The zero-order chi connectivity index (χ0) is 17.1. The molecule has 0 bridgehead atoms. The first-order valence-electron chi connectivity index (χ1n) is 8.39. The summed E-state index contributed by atoms with van der Waals surface area (Å²) < 4.78 is 13.0. The average Bonchev–Trinajstić information content (AvgIpc) is 3.39. The molecule has 3 rings (SSSR count). The molecule has 0 aromatic heterocycles. The summed E-state index contributed by atoms with van der Waals surface area (Å²) in [6.07, 6.45) is 2.05. The van der Waals surface area contributed by atoms with Crippen molar-refractivity contribution in [3.63, 3.8) is 0 Å². The van der Waals surface area contributed by atoms with Gasteiger partial charge in [-0.1, -0.05) is 0 Å². The van der Waals surface area contributed by atoms with Crippen LogP contribution in [0, 0.1) is 5.82 Å². The fraction of sp³-hybridized carbons (Fsp3) is 0.529. The van der Waals surface area contributed by atoms with Gasteiger partial charge in [0.25, 0.3) is 0 Å². The first-order valence-corrected chi connectivity index (χ1v) is 8.39. The van der Waals surface area contributed by atoms with Crippen LogP contribution in [0.25, 0.3) is 0 Å². The van der Waals surface area contributed by atoms with Crippen molar-refractivity contribution in [1.82, 2.24) is 15.5 Å². The van der Waals surface area contributed by atoms with Gasteiger partial charge < -0.3 is 20.4 Å². The van der Waals surface area contributed by atoms with Crippen LogP contribution in [-0.4, -0.2) is 55.1 Å².